The summed E-state index contributed by atoms with van der Waals surface area (Å²) in [5.41, 5.74) is 10.4. The van der Waals surface area contributed by atoms with Gasteiger partial charge in [-0.3, -0.25) is 8.42 Å². The molecule has 2 aliphatic carbocycles. The highest BCUT2D eigenvalue weighted by Gasteiger charge is 2.28. The molecule has 2 atom stereocenters. The first-order chi connectivity index (χ1) is 33.2. The van der Waals surface area contributed by atoms with Gasteiger partial charge in [0.15, 0.2) is 11.3 Å². The average Bonchev–Trinajstić information content (AvgIpc) is 3.98. The minimum atomic E-state index is -1.06. The molecule has 0 saturated heterocycles. The largest absolute Gasteiger partial charge is 0.444 e. The van der Waals surface area contributed by atoms with Gasteiger partial charge in [0.05, 0.1) is 12.4 Å². The summed E-state index contributed by atoms with van der Waals surface area (Å²) >= 11 is 0. The van der Waals surface area contributed by atoms with Crippen molar-refractivity contribution in [3.05, 3.63) is 112 Å². The quantitative estimate of drug-likeness (QED) is 0.0827. The summed E-state index contributed by atoms with van der Waals surface area (Å²) in [4.78, 5) is 23.5. The maximum atomic E-state index is 12.6. The number of aromatic nitrogens is 6. The van der Waals surface area contributed by atoms with Crippen molar-refractivity contribution < 1.29 is 17.9 Å². The topological polar surface area (TPSA) is 220 Å². The van der Waals surface area contributed by atoms with Gasteiger partial charge < -0.3 is 30.9 Å². The van der Waals surface area contributed by atoms with Gasteiger partial charge in [0.1, 0.15) is 46.3 Å². The molecule has 4 N–H and O–H groups in total. The Labute approximate surface area is 406 Å². The molecule has 2 saturated carbocycles. The lowest BCUT2D eigenvalue weighted by Gasteiger charge is -2.24. The Hall–Kier alpha value is -6.93. The fraction of sp³-hybridized carbons (Fsp3) is 0.380. The van der Waals surface area contributed by atoms with Crippen molar-refractivity contribution in [2.75, 3.05) is 54.6 Å². The minimum Gasteiger partial charge on any atom is -0.444 e. The number of amides is 1. The molecule has 0 bridgehead atoms. The third kappa shape index (κ3) is 11.5. The molecule has 4 aliphatic rings. The Kier molecular flexibility index (Phi) is 13.6. The van der Waals surface area contributed by atoms with Crippen molar-refractivity contribution in [3.8, 4) is 12.1 Å². The second kappa shape index (κ2) is 20.0. The van der Waals surface area contributed by atoms with E-state index >= 15 is 0 Å². The lowest BCUT2D eigenvalue weighted by Crippen LogP contribution is -2.35. The summed E-state index contributed by atoms with van der Waals surface area (Å²) in [5, 5.41) is 41.2. The van der Waals surface area contributed by atoms with Crippen LogP contribution < -0.4 is 21.3 Å². The Morgan fingerprint density at radius 2 is 1.41 bits per heavy atom. The second-order valence-electron chi connectivity index (χ2n) is 18.9. The molecule has 4 aromatic heterocycles. The van der Waals surface area contributed by atoms with Gasteiger partial charge in [0.2, 0.25) is 0 Å². The molecule has 2 aromatic carbocycles. The monoisotopic (exact) mass is 965 g/mol. The van der Waals surface area contributed by atoms with Crippen LogP contribution in [0.25, 0.3) is 22.4 Å². The predicted octanol–water partition coefficient (Wildman–Crippen LogP) is 7.59. The molecule has 356 valence electrons. The smallest absolute Gasteiger partial charge is 0.410 e. The highest BCUT2D eigenvalue weighted by Crippen LogP contribution is 2.35. The van der Waals surface area contributed by atoms with E-state index in [4.69, 9.17) is 4.74 Å². The molecular formula is C50H55N13O4S2. The summed E-state index contributed by atoms with van der Waals surface area (Å²) in [5.74, 6) is 3.60. The Morgan fingerprint density at radius 1 is 0.812 bits per heavy atom. The lowest BCUT2D eigenvalue weighted by atomic mass is 10.0. The van der Waals surface area contributed by atoms with Crippen LogP contribution >= 0.6 is 0 Å². The van der Waals surface area contributed by atoms with Crippen LogP contribution in [0.2, 0.25) is 0 Å². The number of hydrogen-bond acceptors (Lipinski definition) is 14. The maximum Gasteiger partial charge on any atom is 0.410 e. The van der Waals surface area contributed by atoms with Gasteiger partial charge in [-0.25, -0.2) is 19.3 Å². The van der Waals surface area contributed by atoms with Crippen molar-refractivity contribution in [1.29, 1.82) is 10.5 Å². The zero-order chi connectivity index (χ0) is 48.4. The normalized spacial score (nSPS) is 16.5. The third-order valence-electron chi connectivity index (χ3n) is 11.9. The Balaban J connectivity index is 0.000000175. The zero-order valence-corrected chi connectivity index (χ0v) is 41.0. The van der Waals surface area contributed by atoms with Gasteiger partial charge in [-0.05, 0) is 116 Å². The van der Waals surface area contributed by atoms with E-state index in [0.717, 1.165) is 83.1 Å². The van der Waals surface area contributed by atoms with Crippen LogP contribution in [0, 0.1) is 28.6 Å². The van der Waals surface area contributed by atoms with Crippen molar-refractivity contribution in [2.24, 2.45) is 5.92 Å². The van der Waals surface area contributed by atoms with Gasteiger partial charge in [0, 0.05) is 107 Å². The van der Waals surface area contributed by atoms with E-state index < -0.39 is 27.2 Å². The predicted molar refractivity (Wildman–Crippen MR) is 270 cm³/mol. The van der Waals surface area contributed by atoms with E-state index in [1.807, 2.05) is 69.3 Å². The van der Waals surface area contributed by atoms with E-state index in [9.17, 15) is 23.7 Å². The molecule has 69 heavy (non-hydrogen) atoms. The summed E-state index contributed by atoms with van der Waals surface area (Å²) in [6, 6.07) is 20.7. The summed E-state index contributed by atoms with van der Waals surface area (Å²) in [6.07, 6.45) is 15.9. The van der Waals surface area contributed by atoms with Crippen LogP contribution in [-0.2, 0) is 44.3 Å². The number of nitriles is 2. The molecule has 2 fully saturated rings. The van der Waals surface area contributed by atoms with Crippen LogP contribution in [0.5, 0.6) is 0 Å². The SMILES string of the molecule is CS(=O)Cc1cc(Nc2cc(CC3CC3)n3ncc(C#N)c3n2)ccc1C1=CCN(C(=O)OC(C)(C)C)C1.CS(=O)Cc1cc(Nc2cc(NC3CC3)n3ncc(C#N)c3n2)ccc1C1=CCNC1. The van der Waals surface area contributed by atoms with Crippen LogP contribution in [0.4, 0.5) is 33.6 Å². The van der Waals surface area contributed by atoms with E-state index in [1.165, 1.54) is 24.6 Å². The number of rotatable bonds is 14. The van der Waals surface area contributed by atoms with E-state index in [-0.39, 0.29) is 6.09 Å². The number of fused-ring (bicyclic) bond motifs is 2. The van der Waals surface area contributed by atoms with Crippen molar-refractivity contribution >= 4 is 79.0 Å². The molecular weight excluding hydrogens is 911 g/mol. The number of anilines is 5. The average molecular weight is 966 g/mol. The van der Waals surface area contributed by atoms with Crippen molar-refractivity contribution in [2.45, 2.75) is 76.0 Å². The van der Waals surface area contributed by atoms with E-state index in [2.05, 4.69) is 65.7 Å². The van der Waals surface area contributed by atoms with Gasteiger partial charge in [-0.2, -0.15) is 25.2 Å². The fourth-order valence-corrected chi connectivity index (χ4v) is 9.77. The fourth-order valence-electron chi connectivity index (χ4n) is 8.41. The molecule has 0 spiro atoms. The molecule has 19 heteroatoms. The second-order valence-corrected chi connectivity index (χ2v) is 21.8. The number of carbonyl (C=O) groups is 1. The molecule has 2 aliphatic heterocycles. The molecule has 0 radical (unpaired) electrons. The molecule has 2 unspecified atom stereocenters. The van der Waals surface area contributed by atoms with Gasteiger partial charge >= 0.3 is 6.09 Å². The molecule has 17 nitrogen and oxygen atoms in total. The zero-order valence-electron chi connectivity index (χ0n) is 39.3. The van der Waals surface area contributed by atoms with Gasteiger partial charge in [-0.1, -0.05) is 24.3 Å². The first-order valence-electron chi connectivity index (χ1n) is 23.0. The number of carbonyl (C=O) groups excluding carboxylic acids is 1. The molecule has 6 heterocycles. The first-order valence-corrected chi connectivity index (χ1v) is 26.5. The van der Waals surface area contributed by atoms with Crippen molar-refractivity contribution in [1.82, 2.24) is 39.4 Å². The summed E-state index contributed by atoms with van der Waals surface area (Å²) in [6.45, 7) is 8.15. The third-order valence-corrected chi connectivity index (χ3v) is 13.4. The van der Waals surface area contributed by atoms with E-state index in [0.29, 0.717) is 70.6 Å². The number of nitrogens with one attached hydrogen (secondary N) is 4. The maximum absolute atomic E-state index is 12.6. The number of ether oxygens (including phenoxy) is 1. The Bertz CT molecular complexity index is 3170. The van der Waals surface area contributed by atoms with Crippen molar-refractivity contribution in [3.63, 3.8) is 0 Å². The number of nitrogens with zero attached hydrogens (tertiary/aromatic N) is 9. The van der Waals surface area contributed by atoms with E-state index in [1.54, 1.807) is 32.6 Å². The highest BCUT2D eigenvalue weighted by atomic mass is 32.2. The van der Waals surface area contributed by atoms with Crippen LogP contribution in [0.3, 0.4) is 0 Å². The van der Waals surface area contributed by atoms with Crippen LogP contribution in [-0.4, -0.2) is 98.9 Å². The lowest BCUT2D eigenvalue weighted by molar-refractivity contribution is 0.0306. The molecule has 6 aromatic rings. The minimum absolute atomic E-state index is 0.345. The van der Waals surface area contributed by atoms with Gasteiger partial charge in [0.25, 0.3) is 0 Å². The number of benzene rings is 2. The Morgan fingerprint density at radius 3 is 1.96 bits per heavy atom. The first kappa shape index (κ1) is 47.1. The summed E-state index contributed by atoms with van der Waals surface area (Å²) in [7, 11) is -2.01. The van der Waals surface area contributed by atoms with Crippen LogP contribution in [0.1, 0.15) is 85.5 Å². The highest BCUT2D eigenvalue weighted by molar-refractivity contribution is 7.83. The molecule has 1 amide bonds. The standard InChI is InChI=1S/C28H32N6O3S.C22H23N7OS/c1-28(2,3)37-27(35)33-10-9-19(16-33)24-8-7-22(12-20(24)17-38(4)36)31-25-13-23(11-18-5-6-18)34-26(32-25)21(14-29)15-30-34;1-31(30)13-15-8-18(4-5-19(15)14-6-7-24-11-14)26-20-9-21(27-17-2-3-17)29-22(28-20)16(10-23)12-25-29/h7-9,12-13,15,18H,5-6,10-11,16-17H2,1-4H3,(H,31,32);4-6,8-9,12,17,24,27H,2-3,7,11,13H2,1H3,(H,26,28). The van der Waals surface area contributed by atoms with Gasteiger partial charge in [-0.15, -0.1) is 0 Å². The summed E-state index contributed by atoms with van der Waals surface area (Å²) < 4.78 is 33.2. The van der Waals surface area contributed by atoms with Crippen LogP contribution in [0.15, 0.2) is 73.1 Å². The molecule has 10 rings (SSSR count). The number of hydrogen-bond donors (Lipinski definition) is 4.